The number of nitrogens with two attached hydrogens (primary N) is 1. The Kier molecular flexibility index (Phi) is 6.57. The van der Waals surface area contributed by atoms with Crippen molar-refractivity contribution in [3.05, 3.63) is 0 Å². The Hall–Kier alpha value is -0.570. The summed E-state index contributed by atoms with van der Waals surface area (Å²) >= 11 is 0. The van der Waals surface area contributed by atoms with Gasteiger partial charge >= 0.3 is 0 Å². The summed E-state index contributed by atoms with van der Waals surface area (Å²) in [5.74, 6) is 0.558. The molecule has 15 heavy (non-hydrogen) atoms. The molecule has 1 amide bonds. The van der Waals surface area contributed by atoms with Crippen molar-refractivity contribution in [1.29, 1.82) is 0 Å². The van der Waals surface area contributed by atoms with E-state index in [-0.39, 0.29) is 5.91 Å². The average molecular weight is 214 g/mol. The van der Waals surface area contributed by atoms with Crippen LogP contribution in [0.15, 0.2) is 0 Å². The first-order chi connectivity index (χ1) is 6.97. The maximum Gasteiger partial charge on any atom is 0.239 e. The van der Waals surface area contributed by atoms with Crippen LogP contribution in [0.4, 0.5) is 0 Å². The predicted molar refractivity (Wildman–Crippen MR) is 64.6 cm³/mol. The third kappa shape index (κ3) is 5.17. The molecule has 0 bridgehead atoms. The third-order valence-electron chi connectivity index (χ3n) is 2.99. The van der Waals surface area contributed by atoms with Crippen molar-refractivity contribution in [2.45, 2.75) is 58.9 Å². The van der Waals surface area contributed by atoms with Gasteiger partial charge in [-0.2, -0.15) is 0 Å². The fourth-order valence-corrected chi connectivity index (χ4v) is 1.65. The minimum atomic E-state index is -0.708. The molecule has 1 unspecified atom stereocenters. The fraction of sp³-hybridized carbons (Fsp3) is 0.917. The number of hydrogen-bond donors (Lipinski definition) is 2. The molecule has 0 aromatic rings. The van der Waals surface area contributed by atoms with Crippen molar-refractivity contribution < 1.29 is 4.79 Å². The first-order valence-corrected chi connectivity index (χ1v) is 6.05. The minimum Gasteiger partial charge on any atom is -0.354 e. The Bertz CT molecular complexity index is 186. The highest BCUT2D eigenvalue weighted by Crippen LogP contribution is 2.10. The van der Waals surface area contributed by atoms with Gasteiger partial charge in [0.05, 0.1) is 5.54 Å². The molecule has 0 aliphatic heterocycles. The molecule has 0 rings (SSSR count). The van der Waals surface area contributed by atoms with Gasteiger partial charge in [-0.3, -0.25) is 4.79 Å². The standard InChI is InChI=1S/C12H26N2O/c1-5-8-12(4,13)11(15)14-9-10(6-2)7-3/h10H,5-9,13H2,1-4H3,(H,14,15). The maximum absolute atomic E-state index is 11.8. The van der Waals surface area contributed by atoms with Crippen molar-refractivity contribution in [2.24, 2.45) is 11.7 Å². The van der Waals surface area contributed by atoms with Crippen LogP contribution in [0.25, 0.3) is 0 Å². The number of rotatable bonds is 7. The van der Waals surface area contributed by atoms with Gasteiger partial charge in [-0.25, -0.2) is 0 Å². The lowest BCUT2D eigenvalue weighted by Crippen LogP contribution is -2.52. The van der Waals surface area contributed by atoms with E-state index >= 15 is 0 Å². The average Bonchev–Trinajstić information content (AvgIpc) is 2.19. The zero-order valence-electron chi connectivity index (χ0n) is 10.6. The summed E-state index contributed by atoms with van der Waals surface area (Å²) in [7, 11) is 0. The molecule has 0 radical (unpaired) electrons. The molecular weight excluding hydrogens is 188 g/mol. The topological polar surface area (TPSA) is 55.1 Å². The largest absolute Gasteiger partial charge is 0.354 e. The van der Waals surface area contributed by atoms with Crippen LogP contribution in [-0.2, 0) is 4.79 Å². The summed E-state index contributed by atoms with van der Waals surface area (Å²) in [5.41, 5.74) is 5.22. The molecule has 3 nitrogen and oxygen atoms in total. The van der Waals surface area contributed by atoms with Crippen LogP contribution >= 0.6 is 0 Å². The van der Waals surface area contributed by atoms with E-state index in [4.69, 9.17) is 5.73 Å². The predicted octanol–water partition coefficient (Wildman–Crippen LogP) is 2.06. The summed E-state index contributed by atoms with van der Waals surface area (Å²) < 4.78 is 0. The van der Waals surface area contributed by atoms with Gasteiger partial charge in [0.1, 0.15) is 0 Å². The first kappa shape index (κ1) is 14.4. The monoisotopic (exact) mass is 214 g/mol. The zero-order valence-corrected chi connectivity index (χ0v) is 10.6. The quantitative estimate of drug-likeness (QED) is 0.681. The number of nitrogens with one attached hydrogen (secondary N) is 1. The molecule has 0 aromatic heterocycles. The van der Waals surface area contributed by atoms with Crippen LogP contribution in [0.1, 0.15) is 53.4 Å². The van der Waals surface area contributed by atoms with Gasteiger partial charge in [-0.05, 0) is 19.3 Å². The summed E-state index contributed by atoms with van der Waals surface area (Å²) in [6.45, 7) is 8.89. The lowest BCUT2D eigenvalue weighted by atomic mass is 9.96. The molecule has 3 N–H and O–H groups in total. The van der Waals surface area contributed by atoms with Gasteiger partial charge in [0, 0.05) is 6.54 Å². The first-order valence-electron chi connectivity index (χ1n) is 6.05. The SMILES string of the molecule is CCCC(C)(N)C(=O)NCC(CC)CC. The van der Waals surface area contributed by atoms with E-state index in [9.17, 15) is 4.79 Å². The zero-order chi connectivity index (χ0) is 11.9. The molecule has 0 saturated heterocycles. The van der Waals surface area contributed by atoms with Crippen molar-refractivity contribution in [3.8, 4) is 0 Å². The lowest BCUT2D eigenvalue weighted by molar-refractivity contribution is -0.126. The normalized spacial score (nSPS) is 15.1. The van der Waals surface area contributed by atoms with Gasteiger partial charge in [0.15, 0.2) is 0 Å². The Morgan fingerprint density at radius 1 is 1.33 bits per heavy atom. The van der Waals surface area contributed by atoms with E-state index in [0.717, 1.165) is 32.2 Å². The van der Waals surface area contributed by atoms with Crippen molar-refractivity contribution in [3.63, 3.8) is 0 Å². The van der Waals surface area contributed by atoms with E-state index in [0.29, 0.717) is 5.92 Å². The van der Waals surface area contributed by atoms with Gasteiger partial charge in [-0.1, -0.05) is 40.0 Å². The maximum atomic E-state index is 11.8. The molecule has 0 aliphatic carbocycles. The van der Waals surface area contributed by atoms with Crippen LogP contribution in [-0.4, -0.2) is 18.0 Å². The molecule has 0 saturated carbocycles. The summed E-state index contributed by atoms with van der Waals surface area (Å²) in [4.78, 5) is 11.8. The highest BCUT2D eigenvalue weighted by Gasteiger charge is 2.26. The van der Waals surface area contributed by atoms with Crippen molar-refractivity contribution in [1.82, 2.24) is 5.32 Å². The summed E-state index contributed by atoms with van der Waals surface area (Å²) in [6.07, 6.45) is 3.88. The van der Waals surface area contributed by atoms with Crippen LogP contribution in [0.5, 0.6) is 0 Å². The molecule has 3 heteroatoms. The Morgan fingerprint density at radius 2 is 1.87 bits per heavy atom. The molecule has 0 fully saturated rings. The molecule has 1 atom stereocenters. The molecular formula is C12H26N2O. The molecule has 0 aliphatic rings. The van der Waals surface area contributed by atoms with Crippen LogP contribution in [0.3, 0.4) is 0 Å². The third-order valence-corrected chi connectivity index (χ3v) is 2.99. The van der Waals surface area contributed by atoms with E-state index < -0.39 is 5.54 Å². The highest BCUT2D eigenvalue weighted by atomic mass is 16.2. The van der Waals surface area contributed by atoms with E-state index in [1.807, 2.05) is 6.92 Å². The molecule has 0 aromatic carbocycles. The van der Waals surface area contributed by atoms with Crippen LogP contribution < -0.4 is 11.1 Å². The second-order valence-electron chi connectivity index (χ2n) is 4.56. The van der Waals surface area contributed by atoms with Gasteiger partial charge in [0.25, 0.3) is 0 Å². The van der Waals surface area contributed by atoms with Gasteiger partial charge in [0.2, 0.25) is 5.91 Å². The number of carbonyl (C=O) groups is 1. The number of amides is 1. The van der Waals surface area contributed by atoms with Crippen LogP contribution in [0, 0.1) is 5.92 Å². The van der Waals surface area contributed by atoms with Gasteiger partial charge < -0.3 is 11.1 Å². The fourth-order valence-electron chi connectivity index (χ4n) is 1.65. The second kappa shape index (κ2) is 6.83. The summed E-state index contributed by atoms with van der Waals surface area (Å²) in [6, 6.07) is 0. The highest BCUT2D eigenvalue weighted by molar-refractivity contribution is 5.85. The Balaban J connectivity index is 4.02. The minimum absolute atomic E-state index is 0.0174. The van der Waals surface area contributed by atoms with Crippen LogP contribution in [0.2, 0.25) is 0 Å². The van der Waals surface area contributed by atoms with Crippen molar-refractivity contribution >= 4 is 5.91 Å². The van der Waals surface area contributed by atoms with Crippen molar-refractivity contribution in [2.75, 3.05) is 6.54 Å². The number of carbonyl (C=O) groups excluding carboxylic acids is 1. The molecule has 90 valence electrons. The van der Waals surface area contributed by atoms with E-state index in [2.05, 4.69) is 19.2 Å². The van der Waals surface area contributed by atoms with Gasteiger partial charge in [-0.15, -0.1) is 0 Å². The lowest BCUT2D eigenvalue weighted by Gasteiger charge is -2.24. The smallest absolute Gasteiger partial charge is 0.239 e. The Morgan fingerprint density at radius 3 is 2.27 bits per heavy atom. The second-order valence-corrected chi connectivity index (χ2v) is 4.56. The van der Waals surface area contributed by atoms with E-state index in [1.165, 1.54) is 0 Å². The number of hydrogen-bond acceptors (Lipinski definition) is 2. The van der Waals surface area contributed by atoms with E-state index in [1.54, 1.807) is 6.92 Å². The molecule has 0 heterocycles. The molecule has 0 spiro atoms. The summed E-state index contributed by atoms with van der Waals surface area (Å²) in [5, 5.41) is 2.95. The Labute approximate surface area is 93.8 Å².